The van der Waals surface area contributed by atoms with Crippen molar-refractivity contribution in [3.05, 3.63) is 35.3 Å². The SMILES string of the molecule is COC(=O)c1cc(C(C)=O)c2nc(C(F)F)cn2c1. The van der Waals surface area contributed by atoms with Gasteiger partial charge in [-0.05, 0) is 13.0 Å². The van der Waals surface area contributed by atoms with Gasteiger partial charge in [-0.3, -0.25) is 4.79 Å². The number of alkyl halides is 2. The van der Waals surface area contributed by atoms with Gasteiger partial charge in [-0.25, -0.2) is 18.6 Å². The lowest BCUT2D eigenvalue weighted by Gasteiger charge is -2.04. The molecule has 0 atom stereocenters. The monoisotopic (exact) mass is 268 g/mol. The van der Waals surface area contributed by atoms with E-state index in [1.165, 1.54) is 30.7 Å². The minimum absolute atomic E-state index is 0.0924. The number of ketones is 1. The standard InChI is InChI=1S/C12H10F2N2O3/c1-6(17)8-3-7(12(18)19-2)4-16-5-9(10(13)14)15-11(8)16/h3-5,10H,1-2H3. The topological polar surface area (TPSA) is 60.7 Å². The molecule has 0 spiro atoms. The number of rotatable bonds is 3. The number of imidazole rings is 1. The largest absolute Gasteiger partial charge is 0.465 e. The van der Waals surface area contributed by atoms with E-state index in [2.05, 4.69) is 9.72 Å². The first-order valence-corrected chi connectivity index (χ1v) is 5.34. The van der Waals surface area contributed by atoms with Gasteiger partial charge in [0.15, 0.2) is 5.78 Å². The molecule has 0 saturated carbocycles. The van der Waals surface area contributed by atoms with Crippen molar-refractivity contribution in [2.24, 2.45) is 0 Å². The second kappa shape index (κ2) is 4.75. The minimum Gasteiger partial charge on any atom is -0.465 e. The number of esters is 1. The fraction of sp³-hybridized carbons (Fsp3) is 0.250. The summed E-state index contributed by atoms with van der Waals surface area (Å²) < 4.78 is 31.0. The molecular weight excluding hydrogens is 258 g/mol. The van der Waals surface area contributed by atoms with E-state index in [9.17, 15) is 18.4 Å². The molecule has 100 valence electrons. The maximum Gasteiger partial charge on any atom is 0.339 e. The lowest BCUT2D eigenvalue weighted by atomic mass is 10.1. The Bertz CT molecular complexity index is 664. The van der Waals surface area contributed by atoms with Crippen LogP contribution >= 0.6 is 0 Å². The van der Waals surface area contributed by atoms with Gasteiger partial charge in [0.1, 0.15) is 11.3 Å². The summed E-state index contributed by atoms with van der Waals surface area (Å²) in [5, 5.41) is 0. The van der Waals surface area contributed by atoms with Crippen LogP contribution in [0.3, 0.4) is 0 Å². The Kier molecular flexibility index (Phi) is 3.28. The van der Waals surface area contributed by atoms with E-state index in [-0.39, 0.29) is 22.6 Å². The Balaban J connectivity index is 2.72. The van der Waals surface area contributed by atoms with Crippen molar-refractivity contribution in [2.45, 2.75) is 13.3 Å². The third kappa shape index (κ3) is 2.31. The van der Waals surface area contributed by atoms with Crippen molar-refractivity contribution in [3.8, 4) is 0 Å². The van der Waals surface area contributed by atoms with Gasteiger partial charge in [0.2, 0.25) is 0 Å². The number of hydrogen-bond acceptors (Lipinski definition) is 4. The Morgan fingerprint density at radius 3 is 2.58 bits per heavy atom. The zero-order valence-corrected chi connectivity index (χ0v) is 10.2. The molecule has 0 aliphatic rings. The number of Topliss-reactive ketones (excluding diaryl/α,β-unsaturated/α-hetero) is 1. The summed E-state index contributed by atoms with van der Waals surface area (Å²) >= 11 is 0. The number of halogens is 2. The highest BCUT2D eigenvalue weighted by atomic mass is 19.3. The van der Waals surface area contributed by atoms with E-state index in [4.69, 9.17) is 0 Å². The van der Waals surface area contributed by atoms with Crippen molar-refractivity contribution >= 4 is 17.4 Å². The van der Waals surface area contributed by atoms with Crippen LogP contribution in [0.1, 0.15) is 39.8 Å². The second-order valence-corrected chi connectivity index (χ2v) is 3.89. The summed E-state index contributed by atoms with van der Waals surface area (Å²) in [4.78, 5) is 26.7. The van der Waals surface area contributed by atoms with E-state index in [0.717, 1.165) is 6.20 Å². The normalized spacial score (nSPS) is 11.0. The number of methoxy groups -OCH3 is 1. The number of carbonyl (C=O) groups excluding carboxylic acids is 2. The first kappa shape index (κ1) is 13.1. The molecule has 0 radical (unpaired) electrons. The molecule has 2 aromatic heterocycles. The molecule has 0 fully saturated rings. The van der Waals surface area contributed by atoms with Crippen LogP contribution < -0.4 is 0 Å². The van der Waals surface area contributed by atoms with E-state index < -0.39 is 18.1 Å². The van der Waals surface area contributed by atoms with Crippen molar-refractivity contribution < 1.29 is 23.1 Å². The van der Waals surface area contributed by atoms with Crippen LogP contribution in [0, 0.1) is 0 Å². The molecule has 0 unspecified atom stereocenters. The molecule has 19 heavy (non-hydrogen) atoms. The summed E-state index contributed by atoms with van der Waals surface area (Å²) in [7, 11) is 1.19. The molecule has 0 aliphatic carbocycles. The van der Waals surface area contributed by atoms with Crippen molar-refractivity contribution in [1.29, 1.82) is 0 Å². The van der Waals surface area contributed by atoms with Crippen LogP contribution in [0.5, 0.6) is 0 Å². The third-order valence-electron chi connectivity index (χ3n) is 2.59. The summed E-state index contributed by atoms with van der Waals surface area (Å²) in [6.07, 6.45) is -0.368. The fourth-order valence-corrected chi connectivity index (χ4v) is 1.71. The Labute approximate surface area is 106 Å². The lowest BCUT2D eigenvalue weighted by Crippen LogP contribution is -2.07. The molecule has 0 aliphatic heterocycles. The first-order valence-electron chi connectivity index (χ1n) is 5.34. The molecule has 5 nitrogen and oxygen atoms in total. The summed E-state index contributed by atoms with van der Waals surface area (Å²) in [6, 6.07) is 1.28. The Hall–Kier alpha value is -2.31. The summed E-state index contributed by atoms with van der Waals surface area (Å²) in [6.45, 7) is 1.27. The van der Waals surface area contributed by atoms with Crippen LogP contribution in [0.15, 0.2) is 18.5 Å². The lowest BCUT2D eigenvalue weighted by molar-refractivity contribution is 0.0600. The molecule has 0 aromatic carbocycles. The number of ether oxygens (including phenoxy) is 1. The Morgan fingerprint density at radius 1 is 1.37 bits per heavy atom. The second-order valence-electron chi connectivity index (χ2n) is 3.89. The highest BCUT2D eigenvalue weighted by Crippen LogP contribution is 2.21. The van der Waals surface area contributed by atoms with E-state index in [1.54, 1.807) is 0 Å². The highest BCUT2D eigenvalue weighted by Gasteiger charge is 2.18. The average Bonchev–Trinajstić information content (AvgIpc) is 2.80. The number of aromatic nitrogens is 2. The van der Waals surface area contributed by atoms with Gasteiger partial charge in [-0.2, -0.15) is 0 Å². The van der Waals surface area contributed by atoms with Gasteiger partial charge < -0.3 is 9.14 Å². The number of nitrogens with zero attached hydrogens (tertiary/aromatic N) is 2. The summed E-state index contributed by atoms with van der Waals surface area (Å²) in [5.74, 6) is -1.03. The fourth-order valence-electron chi connectivity index (χ4n) is 1.71. The van der Waals surface area contributed by atoms with Gasteiger partial charge >= 0.3 is 5.97 Å². The number of fused-ring (bicyclic) bond motifs is 1. The summed E-state index contributed by atoms with van der Waals surface area (Å²) in [5.41, 5.74) is -0.173. The zero-order valence-electron chi connectivity index (χ0n) is 10.2. The van der Waals surface area contributed by atoms with E-state index in [1.807, 2.05) is 0 Å². The van der Waals surface area contributed by atoms with E-state index >= 15 is 0 Å². The molecule has 2 rings (SSSR count). The van der Waals surface area contributed by atoms with Crippen molar-refractivity contribution in [1.82, 2.24) is 9.38 Å². The molecule has 2 aromatic rings. The van der Waals surface area contributed by atoms with Gasteiger partial charge in [-0.15, -0.1) is 0 Å². The van der Waals surface area contributed by atoms with Gasteiger partial charge in [0.05, 0.1) is 18.2 Å². The molecule has 0 amide bonds. The van der Waals surface area contributed by atoms with Gasteiger partial charge in [-0.1, -0.05) is 0 Å². The van der Waals surface area contributed by atoms with Crippen LogP contribution in [-0.4, -0.2) is 28.2 Å². The molecular formula is C12H10F2N2O3. The maximum absolute atomic E-state index is 12.6. The quantitative estimate of drug-likeness (QED) is 0.632. The predicted octanol–water partition coefficient (Wildman–Crippen LogP) is 2.26. The van der Waals surface area contributed by atoms with Crippen LogP contribution in [0.4, 0.5) is 8.78 Å². The average molecular weight is 268 g/mol. The molecule has 0 saturated heterocycles. The van der Waals surface area contributed by atoms with Gasteiger partial charge in [0.25, 0.3) is 6.43 Å². The molecule has 7 heteroatoms. The van der Waals surface area contributed by atoms with Crippen LogP contribution in [0.2, 0.25) is 0 Å². The number of pyridine rings is 1. The maximum atomic E-state index is 12.6. The molecule has 0 N–H and O–H groups in total. The van der Waals surface area contributed by atoms with Crippen molar-refractivity contribution in [2.75, 3.05) is 7.11 Å². The number of carbonyl (C=O) groups is 2. The van der Waals surface area contributed by atoms with Crippen LogP contribution in [-0.2, 0) is 4.74 Å². The predicted molar refractivity (Wildman–Crippen MR) is 61.5 cm³/mol. The minimum atomic E-state index is -2.75. The first-order chi connectivity index (χ1) is 8.93. The third-order valence-corrected chi connectivity index (χ3v) is 2.59. The van der Waals surface area contributed by atoms with Gasteiger partial charge in [0, 0.05) is 12.4 Å². The molecule has 0 bridgehead atoms. The number of hydrogen-bond donors (Lipinski definition) is 0. The highest BCUT2D eigenvalue weighted by molar-refractivity contribution is 6.02. The van der Waals surface area contributed by atoms with E-state index in [0.29, 0.717) is 0 Å². The Morgan fingerprint density at radius 2 is 2.05 bits per heavy atom. The van der Waals surface area contributed by atoms with Crippen LogP contribution in [0.25, 0.3) is 5.65 Å². The zero-order chi connectivity index (χ0) is 14.2. The smallest absolute Gasteiger partial charge is 0.339 e. The molecule has 2 heterocycles. The van der Waals surface area contributed by atoms with Crippen molar-refractivity contribution in [3.63, 3.8) is 0 Å².